The van der Waals surface area contributed by atoms with E-state index in [0.29, 0.717) is 17.1 Å². The minimum absolute atomic E-state index is 0.197. The predicted molar refractivity (Wildman–Crippen MR) is 114 cm³/mol. The van der Waals surface area contributed by atoms with E-state index in [1.165, 1.54) is 0 Å². The van der Waals surface area contributed by atoms with Gasteiger partial charge in [-0.25, -0.2) is 9.97 Å². The standard InChI is InChI=1S/C22H23N5O2/c1-29-19-8-5-17(6-9-19)22(28)25-20-10-7-18(16-24-20)26-12-14-27(15-13-26)21-4-2-3-11-23-21/h2-11,16H,12-15H2,1H3,(H,24,25,28). The summed E-state index contributed by atoms with van der Waals surface area (Å²) in [5.74, 6) is 2.06. The number of pyridine rings is 2. The Kier molecular flexibility index (Phi) is 5.56. The van der Waals surface area contributed by atoms with E-state index in [9.17, 15) is 4.79 Å². The molecule has 1 aliphatic rings. The van der Waals surface area contributed by atoms with E-state index in [0.717, 1.165) is 37.7 Å². The van der Waals surface area contributed by atoms with Gasteiger partial charge in [0.25, 0.3) is 5.91 Å². The van der Waals surface area contributed by atoms with Crippen molar-refractivity contribution in [3.05, 3.63) is 72.6 Å². The lowest BCUT2D eigenvalue weighted by Crippen LogP contribution is -2.46. The summed E-state index contributed by atoms with van der Waals surface area (Å²) in [6, 6.07) is 16.8. The minimum Gasteiger partial charge on any atom is -0.497 e. The Morgan fingerprint density at radius 1 is 0.931 bits per heavy atom. The van der Waals surface area contributed by atoms with Gasteiger partial charge in [-0.2, -0.15) is 0 Å². The molecule has 2 aromatic heterocycles. The molecule has 1 aromatic carbocycles. The van der Waals surface area contributed by atoms with Crippen molar-refractivity contribution in [1.29, 1.82) is 0 Å². The smallest absolute Gasteiger partial charge is 0.256 e. The molecule has 0 unspecified atom stereocenters. The van der Waals surface area contributed by atoms with Crippen molar-refractivity contribution in [2.45, 2.75) is 0 Å². The van der Waals surface area contributed by atoms with Crippen LogP contribution in [-0.2, 0) is 0 Å². The molecule has 0 spiro atoms. The number of hydrogen-bond donors (Lipinski definition) is 1. The summed E-state index contributed by atoms with van der Waals surface area (Å²) in [7, 11) is 1.60. The third-order valence-corrected chi connectivity index (χ3v) is 4.96. The van der Waals surface area contributed by atoms with E-state index in [1.54, 1.807) is 37.6 Å². The molecule has 7 heteroatoms. The van der Waals surface area contributed by atoms with Crippen LogP contribution in [0.3, 0.4) is 0 Å². The van der Waals surface area contributed by atoms with Crippen LogP contribution >= 0.6 is 0 Å². The molecule has 1 aliphatic heterocycles. The van der Waals surface area contributed by atoms with Crippen molar-refractivity contribution in [1.82, 2.24) is 9.97 Å². The van der Waals surface area contributed by atoms with Crippen molar-refractivity contribution >= 4 is 23.2 Å². The Balaban J connectivity index is 1.34. The number of amides is 1. The molecular formula is C22H23N5O2. The van der Waals surface area contributed by atoms with Gasteiger partial charge in [-0.15, -0.1) is 0 Å². The summed E-state index contributed by atoms with van der Waals surface area (Å²) in [6.07, 6.45) is 3.63. The summed E-state index contributed by atoms with van der Waals surface area (Å²) in [4.78, 5) is 25.8. The van der Waals surface area contributed by atoms with Gasteiger partial charge in [0.05, 0.1) is 19.0 Å². The molecule has 4 rings (SSSR count). The van der Waals surface area contributed by atoms with Crippen LogP contribution in [0.4, 0.5) is 17.3 Å². The first-order valence-corrected chi connectivity index (χ1v) is 9.55. The maximum Gasteiger partial charge on any atom is 0.256 e. The van der Waals surface area contributed by atoms with E-state index in [1.807, 2.05) is 36.5 Å². The topological polar surface area (TPSA) is 70.6 Å². The van der Waals surface area contributed by atoms with Crippen LogP contribution in [0.1, 0.15) is 10.4 Å². The second-order valence-electron chi connectivity index (χ2n) is 6.75. The van der Waals surface area contributed by atoms with Gasteiger partial charge in [-0.05, 0) is 48.5 Å². The molecule has 29 heavy (non-hydrogen) atoms. The normalized spacial score (nSPS) is 13.8. The second kappa shape index (κ2) is 8.60. The fraction of sp³-hybridized carbons (Fsp3) is 0.227. The highest BCUT2D eigenvalue weighted by Gasteiger charge is 2.18. The van der Waals surface area contributed by atoms with Gasteiger partial charge in [-0.3, -0.25) is 4.79 Å². The summed E-state index contributed by atoms with van der Waals surface area (Å²) in [5, 5.41) is 2.83. The highest BCUT2D eigenvalue weighted by atomic mass is 16.5. The van der Waals surface area contributed by atoms with Crippen molar-refractivity contribution in [3.8, 4) is 5.75 Å². The first-order valence-electron chi connectivity index (χ1n) is 9.55. The van der Waals surface area contributed by atoms with E-state index in [-0.39, 0.29) is 5.91 Å². The maximum absolute atomic E-state index is 12.4. The number of rotatable bonds is 5. The summed E-state index contributed by atoms with van der Waals surface area (Å²) >= 11 is 0. The van der Waals surface area contributed by atoms with Gasteiger partial charge < -0.3 is 19.9 Å². The van der Waals surface area contributed by atoms with Gasteiger partial charge in [0.1, 0.15) is 17.4 Å². The SMILES string of the molecule is COc1ccc(C(=O)Nc2ccc(N3CCN(c4ccccn4)CC3)cn2)cc1. The zero-order valence-corrected chi connectivity index (χ0v) is 16.3. The number of nitrogens with one attached hydrogen (secondary N) is 1. The lowest BCUT2D eigenvalue weighted by molar-refractivity contribution is 0.102. The van der Waals surface area contributed by atoms with Crippen LogP contribution in [0.5, 0.6) is 5.75 Å². The van der Waals surface area contributed by atoms with Crippen LogP contribution < -0.4 is 19.9 Å². The van der Waals surface area contributed by atoms with Crippen molar-refractivity contribution in [2.75, 3.05) is 48.4 Å². The van der Waals surface area contributed by atoms with Crippen LogP contribution in [0.2, 0.25) is 0 Å². The number of carbonyl (C=O) groups excluding carboxylic acids is 1. The zero-order chi connectivity index (χ0) is 20.1. The number of nitrogens with zero attached hydrogens (tertiary/aromatic N) is 4. The van der Waals surface area contributed by atoms with Crippen LogP contribution in [0.25, 0.3) is 0 Å². The average molecular weight is 389 g/mol. The molecule has 7 nitrogen and oxygen atoms in total. The number of benzene rings is 1. The Morgan fingerprint density at radius 3 is 2.31 bits per heavy atom. The van der Waals surface area contributed by atoms with E-state index >= 15 is 0 Å². The molecule has 0 saturated carbocycles. The van der Waals surface area contributed by atoms with E-state index in [2.05, 4.69) is 25.1 Å². The minimum atomic E-state index is -0.197. The Morgan fingerprint density at radius 2 is 1.69 bits per heavy atom. The van der Waals surface area contributed by atoms with E-state index in [4.69, 9.17) is 4.74 Å². The number of methoxy groups -OCH3 is 1. The third kappa shape index (κ3) is 4.45. The second-order valence-corrected chi connectivity index (χ2v) is 6.75. The molecule has 3 aromatic rings. The van der Waals surface area contributed by atoms with Gasteiger partial charge in [0, 0.05) is 37.9 Å². The molecule has 0 atom stereocenters. The summed E-state index contributed by atoms with van der Waals surface area (Å²) < 4.78 is 5.11. The zero-order valence-electron chi connectivity index (χ0n) is 16.3. The number of anilines is 3. The molecule has 1 N–H and O–H groups in total. The number of aromatic nitrogens is 2. The highest BCUT2D eigenvalue weighted by molar-refractivity contribution is 6.03. The van der Waals surface area contributed by atoms with Crippen LogP contribution in [-0.4, -0.2) is 49.2 Å². The first kappa shape index (κ1) is 18.7. The number of carbonyl (C=O) groups is 1. The van der Waals surface area contributed by atoms with Crippen molar-refractivity contribution < 1.29 is 9.53 Å². The van der Waals surface area contributed by atoms with Gasteiger partial charge in [0.15, 0.2) is 0 Å². The quantitative estimate of drug-likeness (QED) is 0.723. The van der Waals surface area contributed by atoms with Crippen molar-refractivity contribution in [2.24, 2.45) is 0 Å². The molecule has 1 amide bonds. The molecule has 0 bridgehead atoms. The Hall–Kier alpha value is -3.61. The molecule has 148 valence electrons. The lowest BCUT2D eigenvalue weighted by Gasteiger charge is -2.36. The molecule has 1 saturated heterocycles. The monoisotopic (exact) mass is 389 g/mol. The highest BCUT2D eigenvalue weighted by Crippen LogP contribution is 2.20. The number of ether oxygens (including phenoxy) is 1. The van der Waals surface area contributed by atoms with Crippen LogP contribution in [0, 0.1) is 0 Å². The molecule has 0 radical (unpaired) electrons. The van der Waals surface area contributed by atoms with Gasteiger partial charge >= 0.3 is 0 Å². The van der Waals surface area contributed by atoms with Gasteiger partial charge in [0.2, 0.25) is 0 Å². The van der Waals surface area contributed by atoms with E-state index < -0.39 is 0 Å². The average Bonchev–Trinajstić information content (AvgIpc) is 2.80. The molecular weight excluding hydrogens is 366 g/mol. The molecule has 1 fully saturated rings. The number of piperazine rings is 1. The Labute approximate surface area is 170 Å². The Bertz CT molecular complexity index is 937. The number of hydrogen-bond acceptors (Lipinski definition) is 6. The maximum atomic E-state index is 12.4. The largest absolute Gasteiger partial charge is 0.497 e. The van der Waals surface area contributed by atoms with Gasteiger partial charge in [-0.1, -0.05) is 6.07 Å². The lowest BCUT2D eigenvalue weighted by atomic mass is 10.2. The van der Waals surface area contributed by atoms with Crippen molar-refractivity contribution in [3.63, 3.8) is 0 Å². The summed E-state index contributed by atoms with van der Waals surface area (Å²) in [5.41, 5.74) is 1.61. The predicted octanol–water partition coefficient (Wildman–Crippen LogP) is 3.06. The third-order valence-electron chi connectivity index (χ3n) is 4.96. The first-order chi connectivity index (χ1) is 14.2. The summed E-state index contributed by atoms with van der Waals surface area (Å²) in [6.45, 7) is 3.62. The fourth-order valence-electron chi connectivity index (χ4n) is 3.31. The van der Waals surface area contributed by atoms with Crippen LogP contribution in [0.15, 0.2) is 67.0 Å². The molecule has 0 aliphatic carbocycles. The fourth-order valence-corrected chi connectivity index (χ4v) is 3.31. The molecule has 3 heterocycles.